The molecule has 3 aromatic rings. The van der Waals surface area contributed by atoms with Crippen molar-refractivity contribution in [3.05, 3.63) is 73.6 Å². The fraction of sp³-hybridized carbons (Fsp3) is 0.0526. The van der Waals surface area contributed by atoms with Gasteiger partial charge in [-0.1, -0.05) is 56.1 Å². The number of hydrazone groups is 1. The Kier molecular flexibility index (Phi) is 6.45. The number of fused-ring (bicyclic) bond motifs is 1. The predicted octanol–water partition coefficient (Wildman–Crippen LogP) is 5.66. The number of hydrogen-bond acceptors (Lipinski definition) is 3. The molecule has 0 bridgehead atoms. The highest BCUT2D eigenvalue weighted by atomic mass is 79.9. The van der Waals surface area contributed by atoms with Crippen LogP contribution in [0.2, 0.25) is 0 Å². The number of nitrogens with zero attached hydrogens (tertiary/aromatic N) is 1. The molecule has 0 saturated carbocycles. The molecular weight excluding hydrogens is 528 g/mol. The topological polar surface area (TPSA) is 50.7 Å². The van der Waals surface area contributed by atoms with Gasteiger partial charge in [0.05, 0.1) is 10.7 Å². The molecule has 0 radical (unpaired) electrons. The third-order valence-electron chi connectivity index (χ3n) is 3.51. The first-order valence-corrected chi connectivity index (χ1v) is 9.99. The van der Waals surface area contributed by atoms with Crippen LogP contribution in [0.5, 0.6) is 5.75 Å². The standard InChI is InChI=1S/C19H13Br3N2O2/c20-14-4-1-12(2-5-14)10-23-24-18(25)11-26-17-8-3-13-9-15(21)6-7-16(13)19(17)22/h1-10H,11H2,(H,24,25)/b23-10+. The number of nitrogens with one attached hydrogen (secondary N) is 1. The average Bonchev–Trinajstić information content (AvgIpc) is 2.63. The summed E-state index contributed by atoms with van der Waals surface area (Å²) in [6, 6.07) is 17.3. The monoisotopic (exact) mass is 538 g/mol. The highest BCUT2D eigenvalue weighted by Crippen LogP contribution is 2.34. The molecule has 0 aliphatic heterocycles. The zero-order chi connectivity index (χ0) is 18.5. The summed E-state index contributed by atoms with van der Waals surface area (Å²) >= 11 is 10.4. The lowest BCUT2D eigenvalue weighted by Crippen LogP contribution is -2.24. The minimum Gasteiger partial charge on any atom is -0.483 e. The van der Waals surface area contributed by atoms with E-state index in [0.717, 1.165) is 29.8 Å². The Hall–Kier alpha value is -1.70. The number of rotatable bonds is 5. The summed E-state index contributed by atoms with van der Waals surface area (Å²) in [6.07, 6.45) is 1.58. The summed E-state index contributed by atoms with van der Waals surface area (Å²) < 4.78 is 8.41. The Bertz CT molecular complexity index is 972. The fourth-order valence-corrected chi connectivity index (χ4v) is 3.51. The number of carbonyl (C=O) groups is 1. The molecule has 7 heteroatoms. The zero-order valence-corrected chi connectivity index (χ0v) is 18.1. The Morgan fingerprint density at radius 3 is 2.50 bits per heavy atom. The van der Waals surface area contributed by atoms with E-state index in [9.17, 15) is 4.79 Å². The van der Waals surface area contributed by atoms with Gasteiger partial charge in [-0.2, -0.15) is 5.10 Å². The summed E-state index contributed by atoms with van der Waals surface area (Å²) in [5, 5.41) is 6.01. The second kappa shape index (κ2) is 8.79. The highest BCUT2D eigenvalue weighted by Gasteiger charge is 2.08. The lowest BCUT2D eigenvalue weighted by Gasteiger charge is -2.10. The minimum atomic E-state index is -0.332. The Balaban J connectivity index is 1.59. The van der Waals surface area contributed by atoms with Crippen molar-refractivity contribution in [1.82, 2.24) is 5.43 Å². The molecule has 0 aliphatic carbocycles. The van der Waals surface area contributed by atoms with Crippen molar-refractivity contribution < 1.29 is 9.53 Å². The SMILES string of the molecule is O=C(COc1ccc2cc(Br)ccc2c1Br)N/N=C/c1ccc(Br)cc1. The van der Waals surface area contributed by atoms with Crippen LogP contribution in [-0.2, 0) is 4.79 Å². The third-order valence-corrected chi connectivity index (χ3v) is 5.35. The fourth-order valence-electron chi connectivity index (χ4n) is 2.26. The van der Waals surface area contributed by atoms with Gasteiger partial charge < -0.3 is 4.74 Å². The molecule has 3 rings (SSSR count). The maximum absolute atomic E-state index is 11.9. The van der Waals surface area contributed by atoms with Gasteiger partial charge in [-0.25, -0.2) is 5.43 Å². The molecule has 4 nitrogen and oxygen atoms in total. The first-order chi connectivity index (χ1) is 12.5. The second-order valence-electron chi connectivity index (χ2n) is 5.38. The third kappa shape index (κ3) is 4.93. The molecular formula is C19H13Br3N2O2. The Labute approximate surface area is 176 Å². The van der Waals surface area contributed by atoms with E-state index in [1.54, 1.807) is 6.21 Å². The first kappa shape index (κ1) is 19.1. The van der Waals surface area contributed by atoms with Crippen LogP contribution in [0.3, 0.4) is 0 Å². The molecule has 132 valence electrons. The van der Waals surface area contributed by atoms with E-state index < -0.39 is 0 Å². The van der Waals surface area contributed by atoms with Gasteiger partial charge in [0.2, 0.25) is 0 Å². The number of halogens is 3. The first-order valence-electron chi connectivity index (χ1n) is 7.61. The van der Waals surface area contributed by atoms with E-state index in [2.05, 4.69) is 58.3 Å². The van der Waals surface area contributed by atoms with Crippen LogP contribution in [0.25, 0.3) is 10.8 Å². The number of benzene rings is 3. The Morgan fingerprint density at radius 1 is 1.00 bits per heavy atom. The van der Waals surface area contributed by atoms with E-state index in [4.69, 9.17) is 4.74 Å². The van der Waals surface area contributed by atoms with Gasteiger partial charge in [-0.3, -0.25) is 4.79 Å². The normalized spacial score (nSPS) is 11.0. The summed E-state index contributed by atoms with van der Waals surface area (Å²) in [4.78, 5) is 11.9. The van der Waals surface area contributed by atoms with Crippen LogP contribution < -0.4 is 10.2 Å². The maximum atomic E-state index is 11.9. The number of hydrogen-bond donors (Lipinski definition) is 1. The predicted molar refractivity (Wildman–Crippen MR) is 115 cm³/mol. The van der Waals surface area contributed by atoms with Crippen LogP contribution in [0, 0.1) is 0 Å². The van der Waals surface area contributed by atoms with Crippen molar-refractivity contribution in [2.75, 3.05) is 6.61 Å². The summed E-state index contributed by atoms with van der Waals surface area (Å²) in [6.45, 7) is -0.127. The van der Waals surface area contributed by atoms with Gasteiger partial charge in [-0.15, -0.1) is 0 Å². The van der Waals surface area contributed by atoms with E-state index >= 15 is 0 Å². The molecule has 1 amide bonds. The number of amides is 1. The minimum absolute atomic E-state index is 0.127. The molecule has 0 saturated heterocycles. The summed E-state index contributed by atoms with van der Waals surface area (Å²) in [5.41, 5.74) is 3.34. The molecule has 0 aromatic heterocycles. The smallest absolute Gasteiger partial charge is 0.277 e. The van der Waals surface area contributed by atoms with Crippen molar-refractivity contribution in [2.45, 2.75) is 0 Å². The van der Waals surface area contributed by atoms with Gasteiger partial charge in [0, 0.05) is 8.95 Å². The van der Waals surface area contributed by atoms with E-state index in [1.165, 1.54) is 0 Å². The van der Waals surface area contributed by atoms with E-state index in [0.29, 0.717) is 5.75 Å². The van der Waals surface area contributed by atoms with Gasteiger partial charge in [0.15, 0.2) is 6.61 Å². The summed E-state index contributed by atoms with van der Waals surface area (Å²) in [5.74, 6) is 0.271. The molecule has 1 N–H and O–H groups in total. The number of ether oxygens (including phenoxy) is 1. The van der Waals surface area contributed by atoms with Crippen LogP contribution in [0.15, 0.2) is 73.1 Å². The van der Waals surface area contributed by atoms with Gasteiger partial charge in [0.25, 0.3) is 5.91 Å². The highest BCUT2D eigenvalue weighted by molar-refractivity contribution is 9.11. The molecule has 0 unspecified atom stereocenters. The molecule has 26 heavy (non-hydrogen) atoms. The number of carbonyl (C=O) groups excluding carboxylic acids is 1. The molecule has 0 atom stereocenters. The van der Waals surface area contributed by atoms with Crippen molar-refractivity contribution >= 4 is 70.7 Å². The second-order valence-corrected chi connectivity index (χ2v) is 8.00. The Morgan fingerprint density at radius 2 is 1.73 bits per heavy atom. The van der Waals surface area contributed by atoms with E-state index in [-0.39, 0.29) is 12.5 Å². The van der Waals surface area contributed by atoms with E-state index in [1.807, 2.05) is 54.6 Å². The largest absolute Gasteiger partial charge is 0.483 e. The summed E-state index contributed by atoms with van der Waals surface area (Å²) in [7, 11) is 0. The van der Waals surface area contributed by atoms with Crippen LogP contribution >= 0.6 is 47.8 Å². The lowest BCUT2D eigenvalue weighted by molar-refractivity contribution is -0.123. The molecule has 0 aliphatic rings. The molecule has 3 aromatic carbocycles. The van der Waals surface area contributed by atoms with Crippen molar-refractivity contribution in [3.8, 4) is 5.75 Å². The van der Waals surface area contributed by atoms with Crippen molar-refractivity contribution in [2.24, 2.45) is 5.10 Å². The maximum Gasteiger partial charge on any atom is 0.277 e. The lowest BCUT2D eigenvalue weighted by atomic mass is 10.1. The molecule has 0 fully saturated rings. The van der Waals surface area contributed by atoms with Crippen molar-refractivity contribution in [1.29, 1.82) is 0 Å². The van der Waals surface area contributed by atoms with Gasteiger partial charge in [0.1, 0.15) is 5.75 Å². The van der Waals surface area contributed by atoms with Crippen LogP contribution in [0.1, 0.15) is 5.56 Å². The van der Waals surface area contributed by atoms with Crippen molar-refractivity contribution in [3.63, 3.8) is 0 Å². The van der Waals surface area contributed by atoms with Gasteiger partial charge in [-0.05, 0) is 62.6 Å². The van der Waals surface area contributed by atoms with Gasteiger partial charge >= 0.3 is 0 Å². The quantitative estimate of drug-likeness (QED) is 0.335. The average molecular weight is 541 g/mol. The van der Waals surface area contributed by atoms with Crippen LogP contribution in [0.4, 0.5) is 0 Å². The van der Waals surface area contributed by atoms with Crippen LogP contribution in [-0.4, -0.2) is 18.7 Å². The zero-order valence-electron chi connectivity index (χ0n) is 13.4. The molecule has 0 heterocycles. The molecule has 0 spiro atoms.